The van der Waals surface area contributed by atoms with Gasteiger partial charge < -0.3 is 10.2 Å². The summed E-state index contributed by atoms with van der Waals surface area (Å²) in [5, 5.41) is 18.8. The summed E-state index contributed by atoms with van der Waals surface area (Å²) >= 11 is 0. The van der Waals surface area contributed by atoms with E-state index >= 15 is 0 Å². The van der Waals surface area contributed by atoms with Crippen molar-refractivity contribution < 1.29 is 10.2 Å². The van der Waals surface area contributed by atoms with Crippen LogP contribution in [0.2, 0.25) is 0 Å². The van der Waals surface area contributed by atoms with E-state index < -0.39 is 0 Å². The highest BCUT2D eigenvalue weighted by atomic mass is 16.3. The van der Waals surface area contributed by atoms with Crippen LogP contribution in [-0.4, -0.2) is 10.2 Å². The first-order valence-electron chi connectivity index (χ1n) is 5.70. The molecule has 2 heteroatoms. The van der Waals surface area contributed by atoms with Gasteiger partial charge in [-0.1, -0.05) is 32.0 Å². The molecule has 2 aromatic carbocycles. The third-order valence-corrected chi connectivity index (χ3v) is 2.84. The van der Waals surface area contributed by atoms with Crippen LogP contribution in [0.4, 0.5) is 0 Å². The lowest BCUT2D eigenvalue weighted by Crippen LogP contribution is -1.92. The molecule has 0 saturated carbocycles. The first-order chi connectivity index (χ1) is 8.08. The maximum Gasteiger partial charge on any atom is 0.115 e. The fourth-order valence-corrected chi connectivity index (χ4v) is 1.93. The summed E-state index contributed by atoms with van der Waals surface area (Å²) in [6.07, 6.45) is 0. The van der Waals surface area contributed by atoms with Crippen molar-refractivity contribution in [2.45, 2.75) is 19.8 Å². The van der Waals surface area contributed by atoms with Crippen LogP contribution in [0.1, 0.15) is 25.3 Å². The minimum absolute atomic E-state index is 0.263. The molecule has 0 aromatic heterocycles. The molecule has 0 atom stereocenters. The van der Waals surface area contributed by atoms with Crippen molar-refractivity contribution in [3.8, 4) is 22.6 Å². The summed E-state index contributed by atoms with van der Waals surface area (Å²) in [5.41, 5.74) is 3.25. The molecule has 0 bridgehead atoms. The lowest BCUT2D eigenvalue weighted by atomic mass is 9.92. The average Bonchev–Trinajstić information content (AvgIpc) is 2.30. The van der Waals surface area contributed by atoms with Gasteiger partial charge in [0.1, 0.15) is 11.5 Å². The number of hydrogen-bond acceptors (Lipinski definition) is 2. The van der Waals surface area contributed by atoms with Crippen molar-refractivity contribution in [2.24, 2.45) is 0 Å². The predicted octanol–water partition coefficient (Wildman–Crippen LogP) is 3.89. The maximum absolute atomic E-state index is 9.54. The molecule has 0 saturated heterocycles. The second-order valence-corrected chi connectivity index (χ2v) is 4.47. The van der Waals surface area contributed by atoms with Crippen molar-refractivity contribution in [1.29, 1.82) is 0 Å². The molecule has 2 rings (SSSR count). The van der Waals surface area contributed by atoms with Crippen molar-refractivity contribution in [3.63, 3.8) is 0 Å². The Morgan fingerprint density at radius 2 is 1.41 bits per heavy atom. The smallest absolute Gasteiger partial charge is 0.115 e. The number of rotatable bonds is 2. The summed E-state index contributed by atoms with van der Waals surface area (Å²) < 4.78 is 0. The summed E-state index contributed by atoms with van der Waals surface area (Å²) in [7, 11) is 0. The minimum atomic E-state index is 0.263. The Morgan fingerprint density at radius 1 is 0.824 bits per heavy atom. The van der Waals surface area contributed by atoms with Gasteiger partial charge >= 0.3 is 0 Å². The van der Waals surface area contributed by atoms with Gasteiger partial charge in [-0.3, -0.25) is 0 Å². The number of hydrogen-bond donors (Lipinski definition) is 2. The number of aromatic hydroxyl groups is 2. The summed E-state index contributed by atoms with van der Waals surface area (Å²) in [6, 6.07) is 12.5. The topological polar surface area (TPSA) is 40.5 Å². The third kappa shape index (κ3) is 2.41. The Kier molecular flexibility index (Phi) is 3.05. The van der Waals surface area contributed by atoms with E-state index in [1.807, 2.05) is 18.2 Å². The van der Waals surface area contributed by atoms with Crippen molar-refractivity contribution in [1.82, 2.24) is 0 Å². The van der Waals surface area contributed by atoms with Crippen molar-refractivity contribution >= 4 is 0 Å². The van der Waals surface area contributed by atoms with Gasteiger partial charge in [0, 0.05) is 0 Å². The minimum Gasteiger partial charge on any atom is -0.508 e. The summed E-state index contributed by atoms with van der Waals surface area (Å²) in [6.45, 7) is 4.19. The van der Waals surface area contributed by atoms with Gasteiger partial charge in [-0.05, 0) is 46.9 Å². The fourth-order valence-electron chi connectivity index (χ4n) is 1.93. The Balaban J connectivity index is 2.54. The molecule has 2 nitrogen and oxygen atoms in total. The molecule has 0 heterocycles. The van der Waals surface area contributed by atoms with E-state index in [4.69, 9.17) is 0 Å². The second kappa shape index (κ2) is 4.50. The van der Waals surface area contributed by atoms with Gasteiger partial charge in [0.15, 0.2) is 0 Å². The van der Waals surface area contributed by atoms with Crippen LogP contribution in [0.25, 0.3) is 11.1 Å². The highest BCUT2D eigenvalue weighted by molar-refractivity contribution is 5.69. The average molecular weight is 228 g/mol. The molecule has 0 spiro atoms. The quantitative estimate of drug-likeness (QED) is 0.818. The molecule has 0 aliphatic heterocycles. The van der Waals surface area contributed by atoms with Crippen molar-refractivity contribution in [2.75, 3.05) is 0 Å². The van der Waals surface area contributed by atoms with E-state index in [9.17, 15) is 10.2 Å². The van der Waals surface area contributed by atoms with E-state index in [1.54, 1.807) is 24.3 Å². The van der Waals surface area contributed by atoms with E-state index in [0.717, 1.165) is 16.7 Å². The highest BCUT2D eigenvalue weighted by Crippen LogP contribution is 2.32. The van der Waals surface area contributed by atoms with Gasteiger partial charge in [-0.15, -0.1) is 0 Å². The van der Waals surface area contributed by atoms with Gasteiger partial charge in [-0.25, -0.2) is 0 Å². The zero-order valence-corrected chi connectivity index (χ0v) is 10.0. The van der Waals surface area contributed by atoms with Crippen LogP contribution < -0.4 is 0 Å². The molecular formula is C15H16O2. The fraction of sp³-hybridized carbons (Fsp3) is 0.200. The van der Waals surface area contributed by atoms with Crippen LogP contribution in [-0.2, 0) is 0 Å². The normalized spacial score (nSPS) is 10.8. The molecule has 2 N–H and O–H groups in total. The van der Waals surface area contributed by atoms with Gasteiger partial charge in [0.25, 0.3) is 0 Å². The number of phenolic OH excluding ortho intramolecular Hbond substituents is 2. The largest absolute Gasteiger partial charge is 0.508 e. The molecule has 2 aromatic rings. The zero-order chi connectivity index (χ0) is 12.4. The van der Waals surface area contributed by atoms with Gasteiger partial charge in [-0.2, -0.15) is 0 Å². The van der Waals surface area contributed by atoms with E-state index in [2.05, 4.69) is 13.8 Å². The van der Waals surface area contributed by atoms with E-state index in [-0.39, 0.29) is 11.5 Å². The Bertz CT molecular complexity index is 513. The third-order valence-electron chi connectivity index (χ3n) is 2.84. The first-order valence-corrected chi connectivity index (χ1v) is 5.70. The molecule has 0 fully saturated rings. The Labute approximate surface area is 101 Å². The van der Waals surface area contributed by atoms with Crippen LogP contribution in [0.15, 0.2) is 42.5 Å². The maximum atomic E-state index is 9.54. The van der Waals surface area contributed by atoms with Gasteiger partial charge in [0.2, 0.25) is 0 Å². The Hall–Kier alpha value is -1.96. The lowest BCUT2D eigenvalue weighted by Gasteiger charge is -2.13. The van der Waals surface area contributed by atoms with Crippen LogP contribution >= 0.6 is 0 Å². The molecule has 0 radical (unpaired) electrons. The summed E-state index contributed by atoms with van der Waals surface area (Å²) in [5.74, 6) is 0.890. The molecule has 17 heavy (non-hydrogen) atoms. The molecule has 0 amide bonds. The molecule has 0 unspecified atom stereocenters. The molecular weight excluding hydrogens is 212 g/mol. The van der Waals surface area contributed by atoms with Crippen LogP contribution in [0.5, 0.6) is 11.5 Å². The molecule has 0 aliphatic carbocycles. The Morgan fingerprint density at radius 3 is 2.00 bits per heavy atom. The lowest BCUT2D eigenvalue weighted by molar-refractivity contribution is 0.473. The van der Waals surface area contributed by atoms with Crippen LogP contribution in [0.3, 0.4) is 0 Å². The van der Waals surface area contributed by atoms with E-state index in [1.165, 1.54) is 0 Å². The van der Waals surface area contributed by atoms with E-state index in [0.29, 0.717) is 5.92 Å². The highest BCUT2D eigenvalue weighted by Gasteiger charge is 2.09. The number of phenols is 2. The SMILES string of the molecule is CC(C)c1cc(O)ccc1-c1ccc(O)cc1. The summed E-state index contributed by atoms with van der Waals surface area (Å²) in [4.78, 5) is 0. The van der Waals surface area contributed by atoms with Crippen LogP contribution in [0, 0.1) is 0 Å². The zero-order valence-electron chi connectivity index (χ0n) is 10.0. The standard InChI is InChI=1S/C15H16O2/c1-10(2)15-9-13(17)7-8-14(15)11-3-5-12(16)6-4-11/h3-10,16-17H,1-2H3. The second-order valence-electron chi connectivity index (χ2n) is 4.47. The predicted molar refractivity (Wildman–Crippen MR) is 69.3 cm³/mol. The first kappa shape index (κ1) is 11.5. The molecule has 88 valence electrons. The van der Waals surface area contributed by atoms with Crippen molar-refractivity contribution in [3.05, 3.63) is 48.0 Å². The molecule has 0 aliphatic rings. The number of benzene rings is 2. The monoisotopic (exact) mass is 228 g/mol. The van der Waals surface area contributed by atoms with Gasteiger partial charge in [0.05, 0.1) is 0 Å².